The second-order valence-corrected chi connectivity index (χ2v) is 5.32. The van der Waals surface area contributed by atoms with Crippen molar-refractivity contribution in [2.24, 2.45) is 0 Å². The van der Waals surface area contributed by atoms with Crippen molar-refractivity contribution >= 4 is 17.0 Å². The summed E-state index contributed by atoms with van der Waals surface area (Å²) in [5.74, 6) is 1.19. The van der Waals surface area contributed by atoms with Crippen LogP contribution in [0.2, 0.25) is 0 Å². The molecule has 0 radical (unpaired) electrons. The van der Waals surface area contributed by atoms with Crippen LogP contribution < -0.4 is 10.1 Å². The molecule has 4 rings (SSSR count). The summed E-state index contributed by atoms with van der Waals surface area (Å²) in [5, 5.41) is 13.2. The van der Waals surface area contributed by atoms with Crippen molar-refractivity contribution in [2.75, 3.05) is 6.54 Å². The summed E-state index contributed by atoms with van der Waals surface area (Å²) in [6.45, 7) is 1.59. The summed E-state index contributed by atoms with van der Waals surface area (Å²) in [5.41, 5.74) is 2.60. The molecule has 1 aromatic carbocycles. The monoisotopic (exact) mass is 310 g/mol. The van der Waals surface area contributed by atoms with Crippen molar-refractivity contribution in [3.05, 3.63) is 48.0 Å². The zero-order valence-electron chi connectivity index (χ0n) is 12.2. The zero-order chi connectivity index (χ0) is 15.8. The molecule has 116 valence electrons. The van der Waals surface area contributed by atoms with Crippen LogP contribution in [0.25, 0.3) is 10.9 Å². The number of fused-ring (bicyclic) bond motifs is 2. The maximum Gasteiger partial charge on any atom is 0.415 e. The van der Waals surface area contributed by atoms with Gasteiger partial charge >= 0.3 is 6.09 Å². The molecule has 3 heterocycles. The third kappa shape index (κ3) is 2.40. The Morgan fingerprint density at radius 3 is 3.09 bits per heavy atom. The minimum Gasteiger partial charge on any atom is -0.464 e. The van der Waals surface area contributed by atoms with Crippen LogP contribution in [0, 0.1) is 0 Å². The van der Waals surface area contributed by atoms with Gasteiger partial charge in [-0.05, 0) is 37.2 Å². The van der Waals surface area contributed by atoms with E-state index in [1.807, 2.05) is 6.07 Å². The van der Waals surface area contributed by atoms with Crippen LogP contribution in [0.5, 0.6) is 11.6 Å². The van der Waals surface area contributed by atoms with Crippen LogP contribution in [0.15, 0.2) is 36.8 Å². The van der Waals surface area contributed by atoms with Crippen molar-refractivity contribution in [1.82, 2.24) is 19.9 Å². The summed E-state index contributed by atoms with van der Waals surface area (Å²) in [4.78, 5) is 19.6. The molecular formula is C16H14N4O3. The average molecular weight is 310 g/mol. The number of aromatic nitrogens is 3. The number of carbonyl (C=O) groups is 1. The van der Waals surface area contributed by atoms with Crippen LogP contribution >= 0.6 is 0 Å². The van der Waals surface area contributed by atoms with Crippen LogP contribution in [-0.4, -0.2) is 32.3 Å². The van der Waals surface area contributed by atoms with E-state index in [4.69, 9.17) is 9.84 Å². The summed E-state index contributed by atoms with van der Waals surface area (Å²) in [7, 11) is 0. The highest BCUT2D eigenvalue weighted by molar-refractivity contribution is 5.89. The van der Waals surface area contributed by atoms with Crippen molar-refractivity contribution in [1.29, 1.82) is 0 Å². The van der Waals surface area contributed by atoms with Crippen molar-refractivity contribution in [3.63, 3.8) is 0 Å². The van der Waals surface area contributed by atoms with Crippen LogP contribution in [0.4, 0.5) is 4.79 Å². The maximum absolute atomic E-state index is 11.1. The van der Waals surface area contributed by atoms with Crippen molar-refractivity contribution < 1.29 is 14.6 Å². The first-order valence-corrected chi connectivity index (χ1v) is 7.28. The number of nitrogens with zero attached hydrogens (tertiary/aromatic N) is 3. The van der Waals surface area contributed by atoms with E-state index in [1.165, 1.54) is 17.1 Å². The van der Waals surface area contributed by atoms with Gasteiger partial charge in [-0.1, -0.05) is 0 Å². The zero-order valence-corrected chi connectivity index (χ0v) is 12.2. The van der Waals surface area contributed by atoms with Gasteiger partial charge in [-0.15, -0.1) is 0 Å². The Balaban J connectivity index is 1.70. The number of rotatable bonds is 2. The third-order valence-electron chi connectivity index (χ3n) is 3.92. The summed E-state index contributed by atoms with van der Waals surface area (Å²) in [6, 6.07) is 7.03. The smallest absolute Gasteiger partial charge is 0.415 e. The lowest BCUT2D eigenvalue weighted by Gasteiger charge is -2.18. The summed E-state index contributed by atoms with van der Waals surface area (Å²) < 4.78 is 7.10. The number of carboxylic acid groups (broad SMARTS) is 1. The molecule has 0 amide bonds. The van der Waals surface area contributed by atoms with Crippen LogP contribution in [0.3, 0.4) is 0 Å². The molecule has 0 bridgehead atoms. The Morgan fingerprint density at radius 1 is 1.30 bits per heavy atom. The van der Waals surface area contributed by atoms with E-state index in [2.05, 4.69) is 15.3 Å². The topological polar surface area (TPSA) is 89.3 Å². The summed E-state index contributed by atoms with van der Waals surface area (Å²) >= 11 is 0. The van der Waals surface area contributed by atoms with Gasteiger partial charge in [0.2, 0.25) is 5.88 Å². The molecule has 0 saturated heterocycles. The Kier molecular flexibility index (Phi) is 3.20. The normalized spacial score (nSPS) is 13.7. The second-order valence-electron chi connectivity index (χ2n) is 5.32. The lowest BCUT2D eigenvalue weighted by Crippen LogP contribution is -2.25. The molecule has 0 fully saturated rings. The fourth-order valence-electron chi connectivity index (χ4n) is 2.80. The van der Waals surface area contributed by atoms with E-state index in [-0.39, 0.29) is 0 Å². The Hall–Kier alpha value is -2.93. The Labute approximate surface area is 131 Å². The van der Waals surface area contributed by atoms with Gasteiger partial charge in [0.15, 0.2) is 0 Å². The van der Waals surface area contributed by atoms with E-state index < -0.39 is 6.09 Å². The van der Waals surface area contributed by atoms with Gasteiger partial charge in [-0.3, -0.25) is 4.57 Å². The number of hydrogen-bond acceptors (Lipinski definition) is 5. The fourth-order valence-corrected chi connectivity index (χ4v) is 2.80. The predicted molar refractivity (Wildman–Crippen MR) is 82.9 cm³/mol. The molecule has 0 unspecified atom stereocenters. The molecule has 23 heavy (non-hydrogen) atoms. The molecule has 7 nitrogen and oxygen atoms in total. The maximum atomic E-state index is 11.1. The first-order chi connectivity index (χ1) is 11.2. The van der Waals surface area contributed by atoms with Gasteiger partial charge in [0, 0.05) is 23.7 Å². The second kappa shape index (κ2) is 5.36. The predicted octanol–water partition coefficient (Wildman–Crippen LogP) is 2.40. The first kappa shape index (κ1) is 13.7. The standard InChI is InChI=1S/C16H14N4O3/c21-16(22)20-6-4-10-7-11(1-2-14(10)20)23-15-12-3-5-17-8-13(12)18-9-19-15/h1-2,4,6-7,9,17H,3,5,8H2,(H,21,22). The van der Waals surface area contributed by atoms with Gasteiger partial charge in [0.05, 0.1) is 11.2 Å². The minimum atomic E-state index is -1.01. The largest absolute Gasteiger partial charge is 0.464 e. The highest BCUT2D eigenvalue weighted by Crippen LogP contribution is 2.29. The third-order valence-corrected chi connectivity index (χ3v) is 3.92. The molecule has 2 N–H and O–H groups in total. The van der Waals surface area contributed by atoms with E-state index in [9.17, 15) is 4.79 Å². The highest BCUT2D eigenvalue weighted by atomic mass is 16.5. The van der Waals surface area contributed by atoms with Gasteiger partial charge in [0.25, 0.3) is 0 Å². The molecule has 1 aliphatic rings. The molecule has 3 aromatic rings. The van der Waals surface area contributed by atoms with Gasteiger partial charge in [0.1, 0.15) is 12.1 Å². The van der Waals surface area contributed by atoms with E-state index in [1.54, 1.807) is 18.2 Å². The molecule has 0 spiro atoms. The van der Waals surface area contributed by atoms with Crippen LogP contribution in [0.1, 0.15) is 11.3 Å². The molecular weight excluding hydrogens is 296 g/mol. The van der Waals surface area contributed by atoms with Gasteiger partial charge in [-0.25, -0.2) is 14.8 Å². The molecule has 1 aliphatic heterocycles. The molecule has 0 saturated carbocycles. The van der Waals surface area contributed by atoms with Gasteiger partial charge in [-0.2, -0.15) is 0 Å². The Morgan fingerprint density at radius 2 is 2.22 bits per heavy atom. The van der Waals surface area contributed by atoms with Crippen LogP contribution in [-0.2, 0) is 13.0 Å². The lowest BCUT2D eigenvalue weighted by atomic mass is 10.1. The quantitative estimate of drug-likeness (QED) is 0.755. The molecule has 2 aromatic heterocycles. The number of benzene rings is 1. The van der Waals surface area contributed by atoms with Gasteiger partial charge < -0.3 is 15.2 Å². The number of hydrogen-bond donors (Lipinski definition) is 2. The molecule has 0 atom stereocenters. The number of ether oxygens (including phenoxy) is 1. The number of nitrogens with one attached hydrogen (secondary N) is 1. The van der Waals surface area contributed by atoms with E-state index >= 15 is 0 Å². The van der Waals surface area contributed by atoms with E-state index in [0.29, 0.717) is 23.7 Å². The van der Waals surface area contributed by atoms with Crippen molar-refractivity contribution in [2.45, 2.75) is 13.0 Å². The SMILES string of the molecule is O=C(O)n1ccc2cc(Oc3ncnc4c3CCNC4)ccc21. The fraction of sp³-hybridized carbons (Fsp3) is 0.188. The highest BCUT2D eigenvalue weighted by Gasteiger charge is 2.17. The molecule has 0 aliphatic carbocycles. The average Bonchev–Trinajstić information content (AvgIpc) is 2.99. The van der Waals surface area contributed by atoms with E-state index in [0.717, 1.165) is 29.6 Å². The van der Waals surface area contributed by atoms with Crippen molar-refractivity contribution in [3.8, 4) is 11.6 Å². The first-order valence-electron chi connectivity index (χ1n) is 7.28. The summed E-state index contributed by atoms with van der Waals surface area (Å²) in [6.07, 6.45) is 2.84. The minimum absolute atomic E-state index is 0.563. The lowest BCUT2D eigenvalue weighted by molar-refractivity contribution is 0.197. The Bertz CT molecular complexity index is 903. The molecule has 7 heteroatoms.